The number of nitrogens with zero attached hydrogens (tertiary/aromatic N) is 3. The Kier molecular flexibility index (Phi) is 4.83. The summed E-state index contributed by atoms with van der Waals surface area (Å²) >= 11 is 0. The molecule has 1 aliphatic heterocycles. The quantitative estimate of drug-likeness (QED) is 0.789. The number of amides is 1. The van der Waals surface area contributed by atoms with Crippen molar-refractivity contribution < 1.29 is 9.53 Å². The van der Waals surface area contributed by atoms with Crippen molar-refractivity contribution in [2.75, 3.05) is 14.2 Å². The van der Waals surface area contributed by atoms with E-state index in [1.807, 2.05) is 18.2 Å². The lowest BCUT2D eigenvalue weighted by molar-refractivity contribution is -0.139. The van der Waals surface area contributed by atoms with E-state index in [9.17, 15) is 10.1 Å². The van der Waals surface area contributed by atoms with Crippen LogP contribution in [0.4, 0.5) is 0 Å². The number of guanidine groups is 1. The van der Waals surface area contributed by atoms with Crippen LogP contribution < -0.4 is 5.73 Å². The third-order valence-corrected chi connectivity index (χ3v) is 7.93. The van der Waals surface area contributed by atoms with Crippen molar-refractivity contribution in [1.29, 1.82) is 5.26 Å². The molecule has 0 radical (unpaired) electrons. The molecule has 1 saturated carbocycles. The molecule has 2 N–H and O–H groups in total. The number of methoxy groups -OCH3 is 1. The van der Waals surface area contributed by atoms with Crippen LogP contribution in [0.5, 0.6) is 0 Å². The molecule has 5 rings (SSSR count). The summed E-state index contributed by atoms with van der Waals surface area (Å²) in [5.74, 6) is 0.253. The highest BCUT2D eigenvalue weighted by Crippen LogP contribution is 2.60. The van der Waals surface area contributed by atoms with E-state index in [1.165, 1.54) is 4.90 Å². The third-order valence-electron chi connectivity index (χ3n) is 7.93. The monoisotopic (exact) mass is 428 g/mol. The summed E-state index contributed by atoms with van der Waals surface area (Å²) in [7, 11) is 3.49. The Bertz CT molecular complexity index is 1160. The first-order valence-electron chi connectivity index (χ1n) is 11.2. The summed E-state index contributed by atoms with van der Waals surface area (Å²) in [6.45, 7) is 0. The normalized spacial score (nSPS) is 29.2. The van der Waals surface area contributed by atoms with E-state index >= 15 is 0 Å². The molecule has 1 unspecified atom stereocenters. The van der Waals surface area contributed by atoms with Crippen LogP contribution in [0, 0.1) is 16.7 Å². The number of fused-ring (bicyclic) bond motifs is 3. The van der Waals surface area contributed by atoms with E-state index in [4.69, 9.17) is 15.5 Å². The van der Waals surface area contributed by atoms with Crippen molar-refractivity contribution in [3.8, 4) is 17.2 Å². The molecule has 2 aromatic carbocycles. The molecule has 1 heterocycles. The first-order valence-corrected chi connectivity index (χ1v) is 11.2. The lowest BCUT2D eigenvalue weighted by Crippen LogP contribution is -2.56. The number of nitriles is 1. The van der Waals surface area contributed by atoms with Gasteiger partial charge in [0.25, 0.3) is 5.91 Å². The molecule has 2 aliphatic carbocycles. The van der Waals surface area contributed by atoms with E-state index in [2.05, 4.69) is 24.3 Å². The number of hydrogen-bond acceptors (Lipinski definition) is 5. The van der Waals surface area contributed by atoms with Gasteiger partial charge < -0.3 is 10.5 Å². The van der Waals surface area contributed by atoms with Crippen LogP contribution >= 0.6 is 0 Å². The minimum Gasteiger partial charge on any atom is -0.381 e. The molecule has 32 heavy (non-hydrogen) atoms. The third kappa shape index (κ3) is 2.81. The standard InChI is InChI=1S/C26H28N4O2/c1-30-23(31)26(29-24(30)28)22-15-20(19-5-3-4-17(14-19)16-27)7-6-18(22)8-11-25(26)12-9-21(32-2)10-13-25/h3-7,14-15,21H,8-13H2,1-2H3,(H2,28,29). The summed E-state index contributed by atoms with van der Waals surface area (Å²) in [5.41, 5.74) is 9.67. The molecule has 0 bridgehead atoms. The van der Waals surface area contributed by atoms with Crippen LogP contribution in [0.1, 0.15) is 48.8 Å². The molecule has 0 saturated heterocycles. The van der Waals surface area contributed by atoms with Crippen molar-refractivity contribution in [3.05, 3.63) is 59.2 Å². The number of carbonyl (C=O) groups excluding carboxylic acids is 1. The molecule has 164 valence electrons. The first-order chi connectivity index (χ1) is 15.4. The van der Waals surface area contributed by atoms with E-state index in [1.54, 1.807) is 20.2 Å². The highest BCUT2D eigenvalue weighted by atomic mass is 16.5. The van der Waals surface area contributed by atoms with Gasteiger partial charge in [0.1, 0.15) is 0 Å². The van der Waals surface area contributed by atoms with Gasteiger partial charge in [0.2, 0.25) is 0 Å². The van der Waals surface area contributed by atoms with Gasteiger partial charge in [0.05, 0.1) is 17.7 Å². The number of carbonyl (C=O) groups is 1. The summed E-state index contributed by atoms with van der Waals surface area (Å²) in [6.07, 6.45) is 5.67. The summed E-state index contributed by atoms with van der Waals surface area (Å²) in [5, 5.41) is 9.33. The van der Waals surface area contributed by atoms with Gasteiger partial charge in [-0.05, 0) is 79.0 Å². The maximum absolute atomic E-state index is 13.9. The molecular formula is C26H28N4O2. The zero-order chi connectivity index (χ0) is 22.5. The minimum absolute atomic E-state index is 0.0326. The molecule has 1 fully saturated rings. The number of ether oxygens (including phenoxy) is 1. The maximum Gasteiger partial charge on any atom is 0.262 e. The van der Waals surface area contributed by atoms with E-state index < -0.39 is 5.54 Å². The Labute approximate surface area is 188 Å². The van der Waals surface area contributed by atoms with Gasteiger partial charge in [-0.3, -0.25) is 9.69 Å². The molecule has 6 heteroatoms. The Hall–Kier alpha value is -3.17. The van der Waals surface area contributed by atoms with Gasteiger partial charge in [0.15, 0.2) is 11.5 Å². The van der Waals surface area contributed by atoms with E-state index in [0.29, 0.717) is 5.56 Å². The van der Waals surface area contributed by atoms with Crippen molar-refractivity contribution >= 4 is 11.9 Å². The second-order valence-corrected chi connectivity index (χ2v) is 9.32. The summed E-state index contributed by atoms with van der Waals surface area (Å²) < 4.78 is 5.63. The van der Waals surface area contributed by atoms with E-state index in [0.717, 1.165) is 60.8 Å². The number of benzene rings is 2. The van der Waals surface area contributed by atoms with Crippen molar-refractivity contribution in [1.82, 2.24) is 4.90 Å². The highest BCUT2D eigenvalue weighted by molar-refractivity contribution is 6.08. The van der Waals surface area contributed by atoms with Gasteiger partial charge in [-0.1, -0.05) is 24.3 Å². The van der Waals surface area contributed by atoms with E-state index in [-0.39, 0.29) is 23.4 Å². The fraction of sp³-hybridized carbons (Fsp3) is 0.423. The second-order valence-electron chi connectivity index (χ2n) is 9.32. The summed E-state index contributed by atoms with van der Waals surface area (Å²) in [4.78, 5) is 20.4. The van der Waals surface area contributed by atoms with Crippen LogP contribution in [0.25, 0.3) is 11.1 Å². The van der Waals surface area contributed by atoms with Gasteiger partial charge in [0, 0.05) is 19.6 Å². The average molecular weight is 429 g/mol. The smallest absolute Gasteiger partial charge is 0.262 e. The predicted molar refractivity (Wildman–Crippen MR) is 123 cm³/mol. The number of nitrogens with two attached hydrogens (primary N) is 1. The van der Waals surface area contributed by atoms with Crippen LogP contribution in [0.3, 0.4) is 0 Å². The molecule has 2 aromatic rings. The zero-order valence-electron chi connectivity index (χ0n) is 18.6. The lowest BCUT2D eigenvalue weighted by Gasteiger charge is -2.52. The molecule has 6 nitrogen and oxygen atoms in total. The SMILES string of the molecule is COC1CCC2(CCc3ccc(-c4cccc(C#N)c4)cc3C23N=C(N)N(C)C3=O)CC1. The maximum atomic E-state index is 13.9. The zero-order valence-corrected chi connectivity index (χ0v) is 18.6. The van der Waals surface area contributed by atoms with Crippen molar-refractivity contribution in [2.45, 2.75) is 50.2 Å². The highest BCUT2D eigenvalue weighted by Gasteiger charge is 2.64. The van der Waals surface area contributed by atoms with Crippen molar-refractivity contribution in [3.63, 3.8) is 0 Å². The summed E-state index contributed by atoms with van der Waals surface area (Å²) in [6, 6.07) is 16.1. The Morgan fingerprint density at radius 2 is 1.91 bits per heavy atom. The average Bonchev–Trinajstić information content (AvgIpc) is 3.07. The second kappa shape index (κ2) is 7.46. The fourth-order valence-corrected chi connectivity index (χ4v) is 6.07. The van der Waals surface area contributed by atoms with Gasteiger partial charge in [-0.2, -0.15) is 5.26 Å². The first kappa shape index (κ1) is 20.7. The number of aryl methyl sites for hydroxylation is 1. The lowest BCUT2D eigenvalue weighted by atomic mass is 9.53. The van der Waals surface area contributed by atoms with Crippen LogP contribution in [0.2, 0.25) is 0 Å². The fourth-order valence-electron chi connectivity index (χ4n) is 6.07. The molecule has 3 aliphatic rings. The molecular weight excluding hydrogens is 400 g/mol. The van der Waals surface area contributed by atoms with Crippen LogP contribution in [-0.2, 0) is 21.5 Å². The number of hydrogen-bond donors (Lipinski definition) is 1. The Morgan fingerprint density at radius 3 is 2.56 bits per heavy atom. The van der Waals surface area contributed by atoms with Crippen molar-refractivity contribution in [2.24, 2.45) is 16.1 Å². The molecule has 2 spiro atoms. The number of aliphatic imine (C=N–C) groups is 1. The molecule has 1 atom stereocenters. The van der Waals surface area contributed by atoms with Gasteiger partial charge in [-0.15, -0.1) is 0 Å². The number of rotatable bonds is 2. The van der Waals surface area contributed by atoms with Gasteiger partial charge >= 0.3 is 0 Å². The predicted octanol–water partition coefficient (Wildman–Crippen LogP) is 3.73. The van der Waals surface area contributed by atoms with Crippen LogP contribution in [-0.4, -0.2) is 37.0 Å². The largest absolute Gasteiger partial charge is 0.381 e. The number of likely N-dealkylation sites (N-methyl/N-ethyl adjacent to an activating group) is 1. The molecule has 0 aromatic heterocycles. The minimum atomic E-state index is -0.999. The Morgan fingerprint density at radius 1 is 1.16 bits per heavy atom. The topological polar surface area (TPSA) is 91.7 Å². The molecule has 1 amide bonds. The van der Waals surface area contributed by atoms with Crippen LogP contribution in [0.15, 0.2) is 47.5 Å². The van der Waals surface area contributed by atoms with Gasteiger partial charge in [-0.25, -0.2) is 4.99 Å². The Balaban J connectivity index is 1.69.